The molecule has 1 nitrogen and oxygen atoms in total. The van der Waals surface area contributed by atoms with E-state index in [0.29, 0.717) is 0 Å². The Kier molecular flexibility index (Phi) is 4.75. The van der Waals surface area contributed by atoms with E-state index in [2.05, 4.69) is 70.8 Å². The summed E-state index contributed by atoms with van der Waals surface area (Å²) in [5.74, 6) is 0. The molecule has 1 rings (SSSR count). The smallest absolute Gasteiger partial charge is 0.0173 e. The molecule has 100 valence electrons. The van der Waals surface area contributed by atoms with Crippen molar-refractivity contribution in [1.29, 1.82) is 0 Å². The molecule has 0 saturated heterocycles. The van der Waals surface area contributed by atoms with E-state index in [1.807, 2.05) is 6.08 Å². The van der Waals surface area contributed by atoms with Gasteiger partial charge in [-0.25, -0.2) is 0 Å². The van der Waals surface area contributed by atoms with Crippen LogP contribution in [0, 0.1) is 5.41 Å². The highest BCUT2D eigenvalue weighted by atomic mass is 15.0. The van der Waals surface area contributed by atoms with Gasteiger partial charge in [-0.15, -0.1) is 0 Å². The first-order chi connectivity index (χ1) is 8.26. The van der Waals surface area contributed by atoms with Crippen molar-refractivity contribution in [2.75, 3.05) is 6.54 Å². The minimum atomic E-state index is 0.147. The second-order valence-electron chi connectivity index (χ2n) is 6.50. The first kappa shape index (κ1) is 15.0. The Balaban J connectivity index is 2.48. The first-order valence-electron chi connectivity index (χ1n) is 6.73. The molecule has 0 spiro atoms. The summed E-state index contributed by atoms with van der Waals surface area (Å²) in [6.07, 6.45) is 2.95. The molecule has 0 atom stereocenters. The SMILES string of the molecule is C=Cc1ccc(CCNC(C)(C)C(C)(C)C)cc1. The van der Waals surface area contributed by atoms with E-state index in [1.54, 1.807) is 0 Å². The van der Waals surface area contributed by atoms with Gasteiger partial charge in [-0.1, -0.05) is 57.7 Å². The standard InChI is InChI=1S/C17H27N/c1-7-14-8-10-15(11-9-14)12-13-18-17(5,6)16(2,3)4/h7-11,18H,1,12-13H2,2-6H3. The van der Waals surface area contributed by atoms with Crippen molar-refractivity contribution in [1.82, 2.24) is 5.32 Å². The van der Waals surface area contributed by atoms with Gasteiger partial charge in [0.15, 0.2) is 0 Å². The molecule has 1 heteroatoms. The highest BCUT2D eigenvalue weighted by Gasteiger charge is 2.31. The second kappa shape index (κ2) is 5.71. The molecule has 0 heterocycles. The Morgan fingerprint density at radius 1 is 1.06 bits per heavy atom. The van der Waals surface area contributed by atoms with Crippen molar-refractivity contribution in [3.8, 4) is 0 Å². The molecule has 0 unspecified atom stereocenters. The number of rotatable bonds is 5. The van der Waals surface area contributed by atoms with E-state index in [0.717, 1.165) is 13.0 Å². The number of hydrogen-bond acceptors (Lipinski definition) is 1. The predicted octanol–water partition coefficient (Wildman–Crippen LogP) is 4.29. The summed E-state index contributed by atoms with van der Waals surface area (Å²) in [6, 6.07) is 8.61. The molecule has 18 heavy (non-hydrogen) atoms. The summed E-state index contributed by atoms with van der Waals surface area (Å²) in [6.45, 7) is 16.2. The maximum atomic E-state index is 3.77. The van der Waals surface area contributed by atoms with E-state index >= 15 is 0 Å². The van der Waals surface area contributed by atoms with Crippen LogP contribution in [-0.2, 0) is 6.42 Å². The molecule has 0 radical (unpaired) electrons. The molecule has 0 bridgehead atoms. The fourth-order valence-electron chi connectivity index (χ4n) is 1.60. The molecule has 0 aliphatic heterocycles. The van der Waals surface area contributed by atoms with Crippen LogP contribution in [0.4, 0.5) is 0 Å². The lowest BCUT2D eigenvalue weighted by Crippen LogP contribution is -2.50. The average molecular weight is 245 g/mol. The van der Waals surface area contributed by atoms with Crippen molar-refractivity contribution in [2.24, 2.45) is 5.41 Å². The Hall–Kier alpha value is -1.08. The van der Waals surface area contributed by atoms with Gasteiger partial charge in [-0.05, 0) is 43.4 Å². The number of nitrogens with one attached hydrogen (secondary N) is 1. The van der Waals surface area contributed by atoms with Crippen molar-refractivity contribution < 1.29 is 0 Å². The molecule has 1 aromatic rings. The van der Waals surface area contributed by atoms with E-state index < -0.39 is 0 Å². The largest absolute Gasteiger partial charge is 0.311 e. The first-order valence-corrected chi connectivity index (χ1v) is 6.73. The van der Waals surface area contributed by atoms with Gasteiger partial charge in [-0.3, -0.25) is 0 Å². The van der Waals surface area contributed by atoms with Crippen LogP contribution in [-0.4, -0.2) is 12.1 Å². The molecule has 1 N–H and O–H groups in total. The zero-order valence-electron chi connectivity index (χ0n) is 12.5. The van der Waals surface area contributed by atoms with Crippen LogP contribution in [0.2, 0.25) is 0 Å². The summed E-state index contributed by atoms with van der Waals surface area (Å²) in [7, 11) is 0. The van der Waals surface area contributed by atoms with Gasteiger partial charge >= 0.3 is 0 Å². The van der Waals surface area contributed by atoms with E-state index in [1.165, 1.54) is 11.1 Å². The second-order valence-corrected chi connectivity index (χ2v) is 6.50. The Morgan fingerprint density at radius 3 is 2.06 bits per heavy atom. The molecule has 0 aromatic heterocycles. The van der Waals surface area contributed by atoms with Gasteiger partial charge in [0.25, 0.3) is 0 Å². The van der Waals surface area contributed by atoms with Crippen LogP contribution in [0.25, 0.3) is 6.08 Å². The highest BCUT2D eigenvalue weighted by molar-refractivity contribution is 5.47. The highest BCUT2D eigenvalue weighted by Crippen LogP contribution is 2.29. The molecule has 0 fully saturated rings. The Bertz CT molecular complexity index is 379. The fourth-order valence-corrected chi connectivity index (χ4v) is 1.60. The molecule has 0 aliphatic rings. The molecule has 0 aliphatic carbocycles. The zero-order valence-corrected chi connectivity index (χ0v) is 12.5. The van der Waals surface area contributed by atoms with Crippen molar-refractivity contribution >= 4 is 6.08 Å². The van der Waals surface area contributed by atoms with Gasteiger partial charge in [0.2, 0.25) is 0 Å². The van der Waals surface area contributed by atoms with Gasteiger partial charge in [0, 0.05) is 5.54 Å². The summed E-state index contributed by atoms with van der Waals surface area (Å²) >= 11 is 0. The lowest BCUT2D eigenvalue weighted by atomic mass is 9.76. The van der Waals surface area contributed by atoms with Crippen LogP contribution < -0.4 is 5.32 Å². The van der Waals surface area contributed by atoms with E-state index in [-0.39, 0.29) is 11.0 Å². The van der Waals surface area contributed by atoms with E-state index in [4.69, 9.17) is 0 Å². The molecule has 1 aromatic carbocycles. The van der Waals surface area contributed by atoms with Crippen LogP contribution in [0.15, 0.2) is 30.8 Å². The number of benzene rings is 1. The Labute approximate surface area is 112 Å². The topological polar surface area (TPSA) is 12.0 Å². The summed E-state index contributed by atoms with van der Waals surface area (Å²) < 4.78 is 0. The summed E-state index contributed by atoms with van der Waals surface area (Å²) in [5.41, 5.74) is 2.97. The van der Waals surface area contributed by atoms with Gasteiger partial charge in [0.1, 0.15) is 0 Å². The molecule has 0 amide bonds. The maximum Gasteiger partial charge on any atom is 0.0173 e. The quantitative estimate of drug-likeness (QED) is 0.816. The zero-order chi connectivity index (χ0) is 13.8. The summed E-state index contributed by atoms with van der Waals surface area (Å²) in [4.78, 5) is 0. The summed E-state index contributed by atoms with van der Waals surface area (Å²) in [5, 5.41) is 3.66. The predicted molar refractivity (Wildman–Crippen MR) is 81.8 cm³/mol. The monoisotopic (exact) mass is 245 g/mol. The molecule has 0 saturated carbocycles. The van der Waals surface area contributed by atoms with Crippen molar-refractivity contribution in [3.05, 3.63) is 42.0 Å². The maximum absolute atomic E-state index is 3.77. The normalized spacial score (nSPS) is 12.5. The van der Waals surface area contributed by atoms with Crippen molar-refractivity contribution in [2.45, 2.75) is 46.6 Å². The van der Waals surface area contributed by atoms with Gasteiger partial charge in [0.05, 0.1) is 0 Å². The third kappa shape index (κ3) is 3.99. The fraction of sp³-hybridized carbons (Fsp3) is 0.529. The van der Waals surface area contributed by atoms with Crippen molar-refractivity contribution in [3.63, 3.8) is 0 Å². The molecular weight excluding hydrogens is 218 g/mol. The minimum absolute atomic E-state index is 0.147. The van der Waals surface area contributed by atoms with Gasteiger partial charge in [-0.2, -0.15) is 0 Å². The Morgan fingerprint density at radius 2 is 1.61 bits per heavy atom. The lowest BCUT2D eigenvalue weighted by Gasteiger charge is -2.40. The van der Waals surface area contributed by atoms with Crippen LogP contribution in [0.3, 0.4) is 0 Å². The van der Waals surface area contributed by atoms with Crippen LogP contribution in [0.1, 0.15) is 45.7 Å². The van der Waals surface area contributed by atoms with Gasteiger partial charge < -0.3 is 5.32 Å². The average Bonchev–Trinajstić information content (AvgIpc) is 2.28. The number of hydrogen-bond donors (Lipinski definition) is 1. The molecular formula is C17H27N. The van der Waals surface area contributed by atoms with E-state index in [9.17, 15) is 0 Å². The minimum Gasteiger partial charge on any atom is -0.311 e. The third-order valence-electron chi connectivity index (χ3n) is 4.07. The van der Waals surface area contributed by atoms with Crippen LogP contribution >= 0.6 is 0 Å². The van der Waals surface area contributed by atoms with Crippen LogP contribution in [0.5, 0.6) is 0 Å². The lowest BCUT2D eigenvalue weighted by molar-refractivity contribution is 0.178. The third-order valence-corrected chi connectivity index (χ3v) is 4.07.